The fraction of sp³-hybridized carbons (Fsp3) is 0.0769. The monoisotopic (exact) mass is 295 g/mol. The van der Waals surface area contributed by atoms with Crippen molar-refractivity contribution in [3.63, 3.8) is 0 Å². The molecule has 1 aliphatic heterocycles. The molecule has 3 rings (SSSR count). The first kappa shape index (κ1) is 13.1. The summed E-state index contributed by atoms with van der Waals surface area (Å²) >= 11 is 0. The summed E-state index contributed by atoms with van der Waals surface area (Å²) in [7, 11) is 0. The molecule has 21 heavy (non-hydrogen) atoms. The highest BCUT2D eigenvalue weighted by Gasteiger charge is 2.24. The van der Waals surface area contributed by atoms with E-state index in [2.05, 4.69) is 4.74 Å². The highest BCUT2D eigenvalue weighted by molar-refractivity contribution is 5.90. The zero-order chi connectivity index (χ0) is 15.3. The van der Waals surface area contributed by atoms with Crippen molar-refractivity contribution >= 4 is 22.8 Å². The average molecular weight is 295 g/mol. The zero-order valence-corrected chi connectivity index (χ0v) is 10.5. The molecule has 108 valence electrons. The van der Waals surface area contributed by atoms with Gasteiger partial charge >= 0.3 is 6.16 Å². The lowest BCUT2D eigenvalue weighted by molar-refractivity contribution is 0.144. The number of carboxylic acid groups (broad SMARTS) is 1. The van der Waals surface area contributed by atoms with Crippen LogP contribution in [0.3, 0.4) is 0 Å². The number of hydrogen-bond donors (Lipinski definition) is 1. The number of ether oxygens (including phenoxy) is 2. The molecule has 0 fully saturated rings. The van der Waals surface area contributed by atoms with Crippen LogP contribution in [-0.4, -0.2) is 15.8 Å². The van der Waals surface area contributed by atoms with Gasteiger partial charge < -0.3 is 19.1 Å². The molecule has 0 atom stereocenters. The number of carbonyl (C=O) groups is 1. The Balaban J connectivity index is 2.48. The number of allylic oxidation sites excluding steroid dienone is 1. The molecular formula is C13H7F2NO5. The molecule has 6 nitrogen and oxygen atoms in total. The lowest BCUT2D eigenvalue weighted by Crippen LogP contribution is -2.18. The molecule has 1 aromatic carbocycles. The van der Waals surface area contributed by atoms with Crippen LogP contribution in [0.15, 0.2) is 23.3 Å². The van der Waals surface area contributed by atoms with Gasteiger partial charge in [-0.25, -0.2) is 9.18 Å². The smallest absolute Gasteiger partial charge is 0.458 e. The fourth-order valence-corrected chi connectivity index (χ4v) is 2.13. The van der Waals surface area contributed by atoms with E-state index < -0.39 is 34.7 Å². The van der Waals surface area contributed by atoms with Crippen LogP contribution in [0.5, 0.6) is 11.5 Å². The Kier molecular flexibility index (Phi) is 2.68. The standard InChI is InChI=1S/C13H7F2NO5/c1-5-4-20-12-9(15)7(14)2-6-10(12)16(5)3-8(11(6)17)21-13(18)19/h2-4H,1H3,(H,18,19). The van der Waals surface area contributed by atoms with Crippen molar-refractivity contribution in [3.05, 3.63) is 40.4 Å². The summed E-state index contributed by atoms with van der Waals surface area (Å²) in [5.74, 6) is -3.45. The van der Waals surface area contributed by atoms with Gasteiger partial charge in [0, 0.05) is 0 Å². The summed E-state index contributed by atoms with van der Waals surface area (Å²) in [4.78, 5) is 22.7. The lowest BCUT2D eigenvalue weighted by Gasteiger charge is -2.20. The number of rotatable bonds is 1. The van der Waals surface area contributed by atoms with Gasteiger partial charge in [-0.3, -0.25) is 4.79 Å². The zero-order valence-electron chi connectivity index (χ0n) is 10.5. The second-order valence-electron chi connectivity index (χ2n) is 4.34. The molecule has 1 aromatic heterocycles. The van der Waals surface area contributed by atoms with Crippen LogP contribution in [0.25, 0.3) is 16.6 Å². The molecule has 0 bridgehead atoms. The summed E-state index contributed by atoms with van der Waals surface area (Å²) in [6.45, 7) is 1.58. The first-order valence-corrected chi connectivity index (χ1v) is 5.72. The maximum atomic E-state index is 13.7. The van der Waals surface area contributed by atoms with E-state index in [0.717, 1.165) is 12.5 Å². The minimum absolute atomic E-state index is 0.0108. The van der Waals surface area contributed by atoms with Crippen molar-refractivity contribution in [2.75, 3.05) is 0 Å². The maximum Gasteiger partial charge on any atom is 0.511 e. The van der Waals surface area contributed by atoms with Gasteiger partial charge in [-0.2, -0.15) is 4.39 Å². The Morgan fingerprint density at radius 3 is 2.81 bits per heavy atom. The fourth-order valence-electron chi connectivity index (χ4n) is 2.13. The van der Waals surface area contributed by atoms with Gasteiger partial charge in [0.05, 0.1) is 17.3 Å². The lowest BCUT2D eigenvalue weighted by atomic mass is 10.1. The van der Waals surface area contributed by atoms with Crippen LogP contribution < -0.4 is 14.9 Å². The highest BCUT2D eigenvalue weighted by atomic mass is 19.2. The third-order valence-corrected chi connectivity index (χ3v) is 3.03. The molecular weight excluding hydrogens is 288 g/mol. The molecule has 0 spiro atoms. The van der Waals surface area contributed by atoms with Crippen molar-refractivity contribution in [3.8, 4) is 11.5 Å². The normalized spacial score (nSPS) is 12.8. The second-order valence-corrected chi connectivity index (χ2v) is 4.34. The van der Waals surface area contributed by atoms with E-state index in [1.54, 1.807) is 6.92 Å². The van der Waals surface area contributed by atoms with Gasteiger partial charge in [0.2, 0.25) is 11.2 Å². The van der Waals surface area contributed by atoms with E-state index >= 15 is 0 Å². The average Bonchev–Trinajstić information content (AvgIpc) is 2.42. The summed E-state index contributed by atoms with van der Waals surface area (Å²) < 4.78 is 38.0. The van der Waals surface area contributed by atoms with E-state index in [1.807, 2.05) is 0 Å². The van der Waals surface area contributed by atoms with Gasteiger partial charge in [-0.05, 0) is 13.0 Å². The van der Waals surface area contributed by atoms with Crippen LogP contribution in [-0.2, 0) is 0 Å². The van der Waals surface area contributed by atoms with Crippen molar-refractivity contribution in [1.82, 2.24) is 4.57 Å². The number of hydrogen-bond acceptors (Lipinski definition) is 4. The van der Waals surface area contributed by atoms with Crippen LogP contribution in [0.2, 0.25) is 0 Å². The van der Waals surface area contributed by atoms with E-state index in [-0.39, 0.29) is 10.9 Å². The number of halogens is 2. The van der Waals surface area contributed by atoms with Crippen molar-refractivity contribution in [1.29, 1.82) is 0 Å². The third kappa shape index (κ3) is 1.83. The molecule has 0 radical (unpaired) electrons. The van der Waals surface area contributed by atoms with Gasteiger partial charge in [0.25, 0.3) is 0 Å². The summed E-state index contributed by atoms with van der Waals surface area (Å²) in [6, 6.07) is 0.684. The van der Waals surface area contributed by atoms with Crippen LogP contribution in [0.4, 0.5) is 13.6 Å². The molecule has 0 aliphatic carbocycles. The van der Waals surface area contributed by atoms with Crippen molar-refractivity contribution in [2.45, 2.75) is 6.92 Å². The number of aromatic nitrogens is 1. The molecule has 0 unspecified atom stereocenters. The Morgan fingerprint density at radius 2 is 2.14 bits per heavy atom. The summed E-state index contributed by atoms with van der Waals surface area (Å²) in [5.41, 5.74) is -0.424. The van der Waals surface area contributed by atoms with E-state index in [0.29, 0.717) is 11.8 Å². The molecule has 2 heterocycles. The highest BCUT2D eigenvalue weighted by Crippen LogP contribution is 2.35. The van der Waals surface area contributed by atoms with Crippen LogP contribution >= 0.6 is 0 Å². The quantitative estimate of drug-likeness (QED) is 0.818. The van der Waals surface area contributed by atoms with E-state index in [9.17, 15) is 18.4 Å². The van der Waals surface area contributed by atoms with Crippen LogP contribution in [0.1, 0.15) is 6.92 Å². The van der Waals surface area contributed by atoms with Gasteiger partial charge in [0.15, 0.2) is 17.3 Å². The maximum absolute atomic E-state index is 13.7. The summed E-state index contributed by atoms with van der Waals surface area (Å²) in [5, 5.41) is 8.38. The predicted molar refractivity (Wildman–Crippen MR) is 67.4 cm³/mol. The molecule has 2 aromatic rings. The Morgan fingerprint density at radius 1 is 1.43 bits per heavy atom. The number of benzene rings is 1. The Bertz CT molecular complexity index is 884. The van der Waals surface area contributed by atoms with Gasteiger partial charge in [-0.1, -0.05) is 0 Å². The van der Waals surface area contributed by atoms with Gasteiger partial charge in [-0.15, -0.1) is 0 Å². The molecule has 1 aliphatic rings. The first-order chi connectivity index (χ1) is 9.90. The van der Waals surface area contributed by atoms with E-state index in [1.165, 1.54) is 4.57 Å². The molecule has 0 saturated heterocycles. The van der Waals surface area contributed by atoms with Crippen molar-refractivity contribution < 1.29 is 28.2 Å². The van der Waals surface area contributed by atoms with Gasteiger partial charge in [0.1, 0.15) is 11.8 Å². The predicted octanol–water partition coefficient (Wildman–Crippen LogP) is 2.55. The molecule has 0 saturated carbocycles. The molecule has 0 amide bonds. The largest absolute Gasteiger partial charge is 0.511 e. The SMILES string of the molecule is CC1=COc2c(F)c(F)cc3c(=O)c(OC(=O)O)cn1c23. The Hall–Kier alpha value is -2.90. The van der Waals surface area contributed by atoms with E-state index in [4.69, 9.17) is 9.84 Å². The number of nitrogens with zero attached hydrogens (tertiary/aromatic N) is 1. The first-order valence-electron chi connectivity index (χ1n) is 5.72. The van der Waals surface area contributed by atoms with Crippen LogP contribution in [0, 0.1) is 11.6 Å². The number of pyridine rings is 1. The Labute approximate surface area is 115 Å². The molecule has 8 heteroatoms. The minimum atomic E-state index is -1.68. The minimum Gasteiger partial charge on any atom is -0.458 e. The third-order valence-electron chi connectivity index (χ3n) is 3.03. The molecule has 1 N–H and O–H groups in total. The van der Waals surface area contributed by atoms with Crippen molar-refractivity contribution in [2.24, 2.45) is 0 Å². The summed E-state index contributed by atoms with van der Waals surface area (Å²) in [6.07, 6.45) is 0.559. The second kappa shape index (κ2) is 4.30. The topological polar surface area (TPSA) is 77.8 Å².